The molecule has 1 aromatic rings. The molecule has 118 valence electrons. The van der Waals surface area contributed by atoms with Crippen LogP contribution in [-0.4, -0.2) is 48.6 Å². The highest BCUT2D eigenvalue weighted by molar-refractivity contribution is 5.17. The molecule has 1 aromatic carbocycles. The topological polar surface area (TPSA) is 32.5 Å². The van der Waals surface area contributed by atoms with Gasteiger partial charge in [0.15, 0.2) is 0 Å². The minimum Gasteiger partial charge on any atom is -0.330 e. The van der Waals surface area contributed by atoms with Gasteiger partial charge in [0.1, 0.15) is 11.6 Å². The summed E-state index contributed by atoms with van der Waals surface area (Å²) in [6.45, 7) is 7.38. The molecule has 1 aliphatic rings. The van der Waals surface area contributed by atoms with E-state index >= 15 is 0 Å². The number of nitrogens with zero attached hydrogens (tertiary/aromatic N) is 2. The smallest absolute Gasteiger partial charge is 0.126 e. The minimum atomic E-state index is -0.502. The van der Waals surface area contributed by atoms with E-state index in [9.17, 15) is 8.78 Å². The van der Waals surface area contributed by atoms with Gasteiger partial charge in [-0.05, 0) is 37.1 Å². The van der Waals surface area contributed by atoms with E-state index in [0.29, 0.717) is 18.2 Å². The molecule has 1 unspecified atom stereocenters. The molecule has 1 heterocycles. The average molecular weight is 297 g/mol. The van der Waals surface area contributed by atoms with Crippen LogP contribution in [-0.2, 0) is 6.54 Å². The molecule has 0 bridgehead atoms. The lowest BCUT2D eigenvalue weighted by Gasteiger charge is -2.39. The maximum atomic E-state index is 13.2. The molecule has 0 radical (unpaired) electrons. The van der Waals surface area contributed by atoms with E-state index in [2.05, 4.69) is 16.7 Å². The van der Waals surface area contributed by atoms with Crippen LogP contribution in [0.3, 0.4) is 0 Å². The Morgan fingerprint density at radius 2 is 1.71 bits per heavy atom. The second kappa shape index (κ2) is 7.82. The first-order chi connectivity index (χ1) is 10.1. The van der Waals surface area contributed by atoms with Gasteiger partial charge < -0.3 is 5.73 Å². The summed E-state index contributed by atoms with van der Waals surface area (Å²) in [5.41, 5.74) is 6.36. The van der Waals surface area contributed by atoms with Crippen LogP contribution in [0.25, 0.3) is 0 Å². The summed E-state index contributed by atoms with van der Waals surface area (Å²) < 4.78 is 26.4. The molecule has 1 saturated heterocycles. The number of halogens is 2. The summed E-state index contributed by atoms with van der Waals surface area (Å²) in [6, 6.07) is 4.31. The molecule has 1 fully saturated rings. The molecule has 0 spiro atoms. The SMILES string of the molecule is CCC(CCN)N1CCN(Cc2cc(F)cc(F)c2)CC1. The van der Waals surface area contributed by atoms with Gasteiger partial charge in [-0.25, -0.2) is 8.78 Å². The van der Waals surface area contributed by atoms with Crippen molar-refractivity contribution in [2.45, 2.75) is 32.4 Å². The van der Waals surface area contributed by atoms with E-state index in [4.69, 9.17) is 5.73 Å². The van der Waals surface area contributed by atoms with Gasteiger partial charge in [0.2, 0.25) is 0 Å². The van der Waals surface area contributed by atoms with Crippen LogP contribution in [0, 0.1) is 11.6 Å². The second-order valence-corrected chi connectivity index (χ2v) is 5.73. The van der Waals surface area contributed by atoms with Crippen molar-refractivity contribution in [1.82, 2.24) is 9.80 Å². The van der Waals surface area contributed by atoms with Gasteiger partial charge in [-0.3, -0.25) is 9.80 Å². The van der Waals surface area contributed by atoms with Crippen LogP contribution in [0.2, 0.25) is 0 Å². The maximum Gasteiger partial charge on any atom is 0.126 e. The quantitative estimate of drug-likeness (QED) is 0.874. The third-order valence-electron chi connectivity index (χ3n) is 4.22. The summed E-state index contributed by atoms with van der Waals surface area (Å²) >= 11 is 0. The monoisotopic (exact) mass is 297 g/mol. The summed E-state index contributed by atoms with van der Waals surface area (Å²) in [4.78, 5) is 4.73. The van der Waals surface area contributed by atoms with Gasteiger partial charge in [0, 0.05) is 44.8 Å². The van der Waals surface area contributed by atoms with Gasteiger partial charge in [0.25, 0.3) is 0 Å². The van der Waals surface area contributed by atoms with Crippen molar-refractivity contribution in [3.05, 3.63) is 35.4 Å². The Balaban J connectivity index is 1.86. The highest BCUT2D eigenvalue weighted by atomic mass is 19.1. The van der Waals surface area contributed by atoms with E-state index < -0.39 is 11.6 Å². The molecular weight excluding hydrogens is 272 g/mol. The fraction of sp³-hybridized carbons (Fsp3) is 0.625. The Bertz CT molecular complexity index is 425. The van der Waals surface area contributed by atoms with Crippen molar-refractivity contribution in [2.75, 3.05) is 32.7 Å². The molecular formula is C16H25F2N3. The molecule has 1 aliphatic heterocycles. The third-order valence-corrected chi connectivity index (χ3v) is 4.22. The first kappa shape index (κ1) is 16.3. The van der Waals surface area contributed by atoms with Crippen molar-refractivity contribution in [2.24, 2.45) is 5.73 Å². The second-order valence-electron chi connectivity index (χ2n) is 5.73. The first-order valence-corrected chi connectivity index (χ1v) is 7.73. The fourth-order valence-corrected chi connectivity index (χ4v) is 3.08. The van der Waals surface area contributed by atoms with Gasteiger partial charge >= 0.3 is 0 Å². The molecule has 2 N–H and O–H groups in total. The summed E-state index contributed by atoms with van der Waals surface area (Å²) in [5, 5.41) is 0. The zero-order chi connectivity index (χ0) is 15.2. The molecule has 3 nitrogen and oxygen atoms in total. The van der Waals surface area contributed by atoms with Gasteiger partial charge in [-0.1, -0.05) is 6.92 Å². The van der Waals surface area contributed by atoms with E-state index in [-0.39, 0.29) is 0 Å². The summed E-state index contributed by atoms with van der Waals surface area (Å²) in [7, 11) is 0. The molecule has 2 rings (SSSR count). The third kappa shape index (κ3) is 4.73. The summed E-state index contributed by atoms with van der Waals surface area (Å²) in [5.74, 6) is -1.00. The average Bonchev–Trinajstić information content (AvgIpc) is 2.45. The van der Waals surface area contributed by atoms with Gasteiger partial charge in [0.05, 0.1) is 0 Å². The van der Waals surface area contributed by atoms with E-state index in [0.717, 1.165) is 51.6 Å². The fourth-order valence-electron chi connectivity index (χ4n) is 3.08. The Labute approximate surface area is 125 Å². The Hall–Kier alpha value is -1.04. The van der Waals surface area contributed by atoms with Crippen molar-refractivity contribution >= 4 is 0 Å². The number of rotatable bonds is 6. The van der Waals surface area contributed by atoms with E-state index in [1.165, 1.54) is 12.1 Å². The van der Waals surface area contributed by atoms with Crippen LogP contribution < -0.4 is 5.73 Å². The van der Waals surface area contributed by atoms with Crippen molar-refractivity contribution in [1.29, 1.82) is 0 Å². The van der Waals surface area contributed by atoms with Crippen molar-refractivity contribution in [3.8, 4) is 0 Å². The standard InChI is InChI=1S/C16H25F2N3/c1-2-16(3-4-19)21-7-5-20(6-8-21)12-13-9-14(17)11-15(18)10-13/h9-11,16H,2-8,12,19H2,1H3. The van der Waals surface area contributed by atoms with Crippen LogP contribution in [0.15, 0.2) is 18.2 Å². The Kier molecular flexibility index (Phi) is 6.08. The first-order valence-electron chi connectivity index (χ1n) is 7.73. The largest absolute Gasteiger partial charge is 0.330 e. The lowest BCUT2D eigenvalue weighted by Crippen LogP contribution is -2.50. The summed E-state index contributed by atoms with van der Waals surface area (Å²) in [6.07, 6.45) is 2.15. The zero-order valence-electron chi connectivity index (χ0n) is 12.7. The molecule has 5 heteroatoms. The molecule has 0 saturated carbocycles. The number of piperazine rings is 1. The lowest BCUT2D eigenvalue weighted by molar-refractivity contribution is 0.0870. The van der Waals surface area contributed by atoms with Crippen LogP contribution in [0.5, 0.6) is 0 Å². The Morgan fingerprint density at radius 1 is 1.10 bits per heavy atom. The lowest BCUT2D eigenvalue weighted by atomic mass is 10.1. The predicted molar refractivity (Wildman–Crippen MR) is 81.0 cm³/mol. The highest BCUT2D eigenvalue weighted by Crippen LogP contribution is 2.15. The normalized spacial score (nSPS) is 18.9. The minimum absolute atomic E-state index is 0.502. The van der Waals surface area contributed by atoms with Crippen LogP contribution in [0.4, 0.5) is 8.78 Å². The number of hydrogen-bond donors (Lipinski definition) is 1. The van der Waals surface area contributed by atoms with Crippen molar-refractivity contribution < 1.29 is 8.78 Å². The van der Waals surface area contributed by atoms with Crippen molar-refractivity contribution in [3.63, 3.8) is 0 Å². The maximum absolute atomic E-state index is 13.2. The van der Waals surface area contributed by atoms with E-state index in [1.807, 2.05) is 0 Å². The van der Waals surface area contributed by atoms with Crippen LogP contribution in [0.1, 0.15) is 25.3 Å². The zero-order valence-corrected chi connectivity index (χ0v) is 12.7. The van der Waals surface area contributed by atoms with E-state index in [1.54, 1.807) is 0 Å². The number of nitrogens with two attached hydrogens (primary N) is 1. The Morgan fingerprint density at radius 3 is 2.24 bits per heavy atom. The van der Waals surface area contributed by atoms with Gasteiger partial charge in [-0.2, -0.15) is 0 Å². The molecule has 1 atom stereocenters. The molecule has 21 heavy (non-hydrogen) atoms. The molecule has 0 aromatic heterocycles. The number of benzene rings is 1. The highest BCUT2D eigenvalue weighted by Gasteiger charge is 2.22. The predicted octanol–water partition coefficient (Wildman–Crippen LogP) is 2.21. The molecule has 0 amide bonds. The molecule has 0 aliphatic carbocycles. The van der Waals surface area contributed by atoms with Crippen LogP contribution >= 0.6 is 0 Å². The van der Waals surface area contributed by atoms with Gasteiger partial charge in [-0.15, -0.1) is 0 Å². The number of hydrogen-bond acceptors (Lipinski definition) is 3.